The Hall–Kier alpha value is -1.66. The van der Waals surface area contributed by atoms with Gasteiger partial charge in [0, 0.05) is 12.1 Å². The normalized spacial score (nSPS) is 15.4. The maximum absolute atomic E-state index is 13.1. The molecule has 0 bridgehead atoms. The van der Waals surface area contributed by atoms with Crippen LogP contribution in [0.25, 0.3) is 0 Å². The fourth-order valence-electron chi connectivity index (χ4n) is 1.77. The van der Waals surface area contributed by atoms with Crippen molar-refractivity contribution in [1.29, 1.82) is 0 Å². The SMILES string of the molecule is CC(NCC(=O)NC(=O)NC1CC1)c1ccc(F)c(Cl)c1. The fraction of sp³-hybridized carbons (Fsp3) is 0.429. The molecule has 1 atom stereocenters. The van der Waals surface area contributed by atoms with Gasteiger partial charge < -0.3 is 10.6 Å². The molecule has 1 fully saturated rings. The van der Waals surface area contributed by atoms with Gasteiger partial charge in [-0.3, -0.25) is 10.1 Å². The minimum Gasteiger partial charge on any atom is -0.335 e. The highest BCUT2D eigenvalue weighted by molar-refractivity contribution is 6.30. The van der Waals surface area contributed by atoms with E-state index in [2.05, 4.69) is 16.0 Å². The molecule has 0 spiro atoms. The molecule has 1 aromatic carbocycles. The number of carbonyl (C=O) groups excluding carboxylic acids is 2. The van der Waals surface area contributed by atoms with Crippen molar-refractivity contribution in [3.05, 3.63) is 34.6 Å². The van der Waals surface area contributed by atoms with Gasteiger partial charge in [0.05, 0.1) is 11.6 Å². The smallest absolute Gasteiger partial charge is 0.321 e. The molecule has 3 N–H and O–H groups in total. The van der Waals surface area contributed by atoms with Crippen LogP contribution in [0.5, 0.6) is 0 Å². The molecule has 5 nitrogen and oxygen atoms in total. The molecule has 0 aliphatic heterocycles. The van der Waals surface area contributed by atoms with Crippen LogP contribution in [0.3, 0.4) is 0 Å². The highest BCUT2D eigenvalue weighted by Gasteiger charge is 2.23. The van der Waals surface area contributed by atoms with Crippen molar-refractivity contribution >= 4 is 23.5 Å². The summed E-state index contributed by atoms with van der Waals surface area (Å²) in [6.45, 7) is 1.80. The molecule has 21 heavy (non-hydrogen) atoms. The third-order valence-electron chi connectivity index (χ3n) is 3.18. The van der Waals surface area contributed by atoms with Gasteiger partial charge in [-0.05, 0) is 37.5 Å². The van der Waals surface area contributed by atoms with E-state index >= 15 is 0 Å². The average Bonchev–Trinajstić information content (AvgIpc) is 3.22. The summed E-state index contributed by atoms with van der Waals surface area (Å²) in [5, 5.41) is 7.88. The van der Waals surface area contributed by atoms with Gasteiger partial charge in [0.2, 0.25) is 5.91 Å². The first kappa shape index (κ1) is 15.7. The molecule has 114 valence electrons. The Kier molecular flexibility index (Phi) is 5.14. The van der Waals surface area contributed by atoms with Crippen LogP contribution in [0, 0.1) is 5.82 Å². The number of rotatable bonds is 5. The van der Waals surface area contributed by atoms with E-state index in [-0.39, 0.29) is 23.7 Å². The summed E-state index contributed by atoms with van der Waals surface area (Å²) in [7, 11) is 0. The summed E-state index contributed by atoms with van der Waals surface area (Å²) in [4.78, 5) is 23.0. The van der Waals surface area contributed by atoms with Crippen LogP contribution in [0.15, 0.2) is 18.2 Å². The number of carbonyl (C=O) groups is 2. The second-order valence-electron chi connectivity index (χ2n) is 5.07. The van der Waals surface area contributed by atoms with E-state index in [9.17, 15) is 14.0 Å². The van der Waals surface area contributed by atoms with Crippen LogP contribution in [0.1, 0.15) is 31.4 Å². The zero-order chi connectivity index (χ0) is 15.4. The van der Waals surface area contributed by atoms with Crippen molar-refractivity contribution in [3.8, 4) is 0 Å². The van der Waals surface area contributed by atoms with Crippen LogP contribution in [0.2, 0.25) is 5.02 Å². The Morgan fingerprint density at radius 2 is 2.14 bits per heavy atom. The van der Waals surface area contributed by atoms with E-state index in [0.29, 0.717) is 0 Å². The fourth-order valence-corrected chi connectivity index (χ4v) is 1.95. The topological polar surface area (TPSA) is 70.2 Å². The van der Waals surface area contributed by atoms with E-state index in [0.717, 1.165) is 18.4 Å². The highest BCUT2D eigenvalue weighted by atomic mass is 35.5. The maximum Gasteiger partial charge on any atom is 0.321 e. The molecular weight excluding hydrogens is 297 g/mol. The Morgan fingerprint density at radius 3 is 2.76 bits per heavy atom. The number of benzene rings is 1. The lowest BCUT2D eigenvalue weighted by molar-refractivity contribution is -0.119. The Morgan fingerprint density at radius 1 is 1.43 bits per heavy atom. The molecule has 1 aliphatic rings. The molecule has 1 unspecified atom stereocenters. The molecule has 0 heterocycles. The molecule has 1 aliphatic carbocycles. The maximum atomic E-state index is 13.1. The van der Waals surface area contributed by atoms with Gasteiger partial charge in [-0.2, -0.15) is 0 Å². The van der Waals surface area contributed by atoms with Gasteiger partial charge in [-0.25, -0.2) is 9.18 Å². The van der Waals surface area contributed by atoms with Crippen molar-refractivity contribution in [1.82, 2.24) is 16.0 Å². The van der Waals surface area contributed by atoms with Crippen LogP contribution < -0.4 is 16.0 Å². The van der Waals surface area contributed by atoms with Gasteiger partial charge >= 0.3 is 6.03 Å². The average molecular weight is 314 g/mol. The largest absolute Gasteiger partial charge is 0.335 e. The summed E-state index contributed by atoms with van der Waals surface area (Å²) < 4.78 is 13.1. The van der Waals surface area contributed by atoms with Gasteiger partial charge in [-0.1, -0.05) is 17.7 Å². The molecular formula is C14H17ClFN3O2. The number of urea groups is 1. The molecule has 7 heteroatoms. The monoisotopic (exact) mass is 313 g/mol. The number of imide groups is 1. The van der Waals surface area contributed by atoms with E-state index < -0.39 is 17.8 Å². The summed E-state index contributed by atoms with van der Waals surface area (Å²) in [6.07, 6.45) is 1.92. The minimum atomic E-state index is -0.484. The van der Waals surface area contributed by atoms with Crippen LogP contribution >= 0.6 is 11.6 Å². The quantitative estimate of drug-likeness (QED) is 0.780. The highest BCUT2D eigenvalue weighted by Crippen LogP contribution is 2.20. The Balaban J connectivity index is 1.76. The van der Waals surface area contributed by atoms with Gasteiger partial charge in [0.25, 0.3) is 0 Å². The third-order valence-corrected chi connectivity index (χ3v) is 3.47. The lowest BCUT2D eigenvalue weighted by atomic mass is 10.1. The first-order valence-electron chi connectivity index (χ1n) is 6.74. The van der Waals surface area contributed by atoms with Crippen LogP contribution in [-0.2, 0) is 4.79 Å². The number of hydrogen-bond acceptors (Lipinski definition) is 3. The molecule has 0 aromatic heterocycles. The van der Waals surface area contributed by atoms with Crippen molar-refractivity contribution in [3.63, 3.8) is 0 Å². The second kappa shape index (κ2) is 6.87. The summed E-state index contributed by atoms with van der Waals surface area (Å²) in [6, 6.07) is 3.91. The molecule has 1 saturated carbocycles. The third kappa shape index (κ3) is 4.99. The van der Waals surface area contributed by atoms with Crippen LogP contribution in [-0.4, -0.2) is 24.5 Å². The number of hydrogen-bond donors (Lipinski definition) is 3. The molecule has 1 aromatic rings. The second-order valence-corrected chi connectivity index (χ2v) is 5.48. The van der Waals surface area contributed by atoms with Crippen molar-refractivity contribution < 1.29 is 14.0 Å². The first-order chi connectivity index (χ1) is 9.95. The predicted octanol–water partition coefficient (Wildman–Crippen LogP) is 2.12. The van der Waals surface area contributed by atoms with Crippen molar-refractivity contribution in [2.75, 3.05) is 6.54 Å². The van der Waals surface area contributed by atoms with Crippen molar-refractivity contribution in [2.45, 2.75) is 31.8 Å². The van der Waals surface area contributed by atoms with Crippen molar-refractivity contribution in [2.24, 2.45) is 0 Å². The van der Waals surface area contributed by atoms with Gasteiger partial charge in [0.15, 0.2) is 0 Å². The summed E-state index contributed by atoms with van der Waals surface area (Å²) >= 11 is 5.71. The van der Waals surface area contributed by atoms with E-state index in [4.69, 9.17) is 11.6 Å². The van der Waals surface area contributed by atoms with Gasteiger partial charge in [-0.15, -0.1) is 0 Å². The molecule has 0 radical (unpaired) electrons. The Bertz CT molecular complexity index is 549. The lowest BCUT2D eigenvalue weighted by Crippen LogP contribution is -2.44. The number of halogens is 2. The summed E-state index contributed by atoms with van der Waals surface area (Å²) in [5.74, 6) is -0.907. The van der Waals surface area contributed by atoms with E-state index in [1.54, 1.807) is 6.07 Å². The van der Waals surface area contributed by atoms with Crippen LogP contribution in [0.4, 0.5) is 9.18 Å². The lowest BCUT2D eigenvalue weighted by Gasteiger charge is -2.14. The van der Waals surface area contributed by atoms with Gasteiger partial charge in [0.1, 0.15) is 5.82 Å². The number of amides is 3. The predicted molar refractivity (Wildman–Crippen MR) is 77.5 cm³/mol. The summed E-state index contributed by atoms with van der Waals surface area (Å²) in [5.41, 5.74) is 0.761. The zero-order valence-electron chi connectivity index (χ0n) is 11.6. The number of nitrogens with one attached hydrogen (secondary N) is 3. The standard InChI is InChI=1S/C14H17ClFN3O2/c1-8(9-2-5-12(16)11(15)6-9)17-7-13(20)19-14(21)18-10-3-4-10/h2,5-6,8,10,17H,3-4,7H2,1H3,(H2,18,19,20,21). The minimum absolute atomic E-state index is 0.0196. The molecule has 0 saturated heterocycles. The Labute approximate surface area is 127 Å². The van der Waals surface area contributed by atoms with E-state index in [1.165, 1.54) is 12.1 Å². The zero-order valence-corrected chi connectivity index (χ0v) is 12.3. The van der Waals surface area contributed by atoms with E-state index in [1.807, 2.05) is 6.92 Å². The first-order valence-corrected chi connectivity index (χ1v) is 7.12. The molecule has 3 amide bonds. The molecule has 2 rings (SSSR count).